The van der Waals surface area contributed by atoms with Gasteiger partial charge in [0.2, 0.25) is 12.1 Å². The lowest BCUT2D eigenvalue weighted by Crippen LogP contribution is -2.78. The first kappa shape index (κ1) is 25.1. The van der Waals surface area contributed by atoms with Gasteiger partial charge < -0.3 is 44.4 Å². The predicted octanol–water partition coefficient (Wildman–Crippen LogP) is 1.07. The van der Waals surface area contributed by atoms with Crippen molar-refractivity contribution in [2.24, 2.45) is 5.92 Å². The summed E-state index contributed by atoms with van der Waals surface area (Å²) in [6, 6.07) is 3.23. The minimum Gasteiger partial charge on any atom is -0.469 e. The van der Waals surface area contributed by atoms with Gasteiger partial charge in [0, 0.05) is 18.8 Å². The summed E-state index contributed by atoms with van der Waals surface area (Å²) >= 11 is 0. The number of aliphatic hydroxyl groups is 4. The SMILES string of the molecule is CC[C@@H]1[C@H](O)[C@H](NC)C2O[C@]3(O)C(OC2[C@H]1O)O[C@H](C)C[C@@]3(O)CCCCCc1ccco1. The summed E-state index contributed by atoms with van der Waals surface area (Å²) in [7, 11) is 1.69. The first-order valence-corrected chi connectivity index (χ1v) is 12.2. The summed E-state index contributed by atoms with van der Waals surface area (Å²) in [6.45, 7) is 3.72. The summed E-state index contributed by atoms with van der Waals surface area (Å²) in [6.07, 6.45) is 0.811. The molecule has 1 aromatic heterocycles. The van der Waals surface area contributed by atoms with Crippen LogP contribution in [-0.2, 0) is 20.6 Å². The Morgan fingerprint density at radius 2 is 1.88 bits per heavy atom. The quantitative estimate of drug-likeness (QED) is 0.355. The molecule has 0 aromatic carbocycles. The molecule has 0 bridgehead atoms. The third-order valence-corrected chi connectivity index (χ3v) is 7.72. The predicted molar refractivity (Wildman–Crippen MR) is 118 cm³/mol. The Morgan fingerprint density at radius 1 is 1.09 bits per heavy atom. The van der Waals surface area contributed by atoms with Gasteiger partial charge >= 0.3 is 0 Å². The van der Waals surface area contributed by atoms with Gasteiger partial charge in [-0.15, -0.1) is 0 Å². The van der Waals surface area contributed by atoms with Gasteiger partial charge in [-0.05, 0) is 45.4 Å². The lowest BCUT2D eigenvalue weighted by atomic mass is 9.73. The van der Waals surface area contributed by atoms with Crippen LogP contribution in [0.5, 0.6) is 0 Å². The zero-order chi connectivity index (χ0) is 23.8. The molecule has 9 nitrogen and oxygen atoms in total. The maximum atomic E-state index is 11.7. The van der Waals surface area contributed by atoms with Gasteiger partial charge in [0.25, 0.3) is 0 Å². The second-order valence-electron chi connectivity index (χ2n) is 9.90. The molecule has 3 fully saturated rings. The lowest BCUT2D eigenvalue weighted by Gasteiger charge is -2.60. The van der Waals surface area contributed by atoms with Crippen LogP contribution in [0.1, 0.15) is 58.1 Å². The van der Waals surface area contributed by atoms with Crippen LogP contribution in [0.4, 0.5) is 0 Å². The second kappa shape index (κ2) is 9.91. The summed E-state index contributed by atoms with van der Waals surface area (Å²) < 4.78 is 23.5. The summed E-state index contributed by atoms with van der Waals surface area (Å²) in [5.41, 5.74) is -1.60. The molecule has 5 N–H and O–H groups in total. The maximum absolute atomic E-state index is 11.7. The van der Waals surface area contributed by atoms with Crippen molar-refractivity contribution < 1.29 is 39.1 Å². The maximum Gasteiger partial charge on any atom is 0.248 e. The first-order valence-electron chi connectivity index (χ1n) is 12.2. The minimum atomic E-state index is -2.12. The van der Waals surface area contributed by atoms with E-state index >= 15 is 0 Å². The fourth-order valence-electron chi connectivity index (χ4n) is 5.88. The van der Waals surface area contributed by atoms with Crippen molar-refractivity contribution in [2.45, 2.75) is 113 Å². The van der Waals surface area contributed by atoms with E-state index in [4.69, 9.17) is 18.6 Å². The lowest BCUT2D eigenvalue weighted by molar-refractivity contribution is -0.485. The fourth-order valence-corrected chi connectivity index (χ4v) is 5.88. The van der Waals surface area contributed by atoms with Crippen molar-refractivity contribution in [3.63, 3.8) is 0 Å². The number of nitrogens with one attached hydrogen (secondary N) is 1. The molecule has 4 rings (SSSR count). The normalized spacial score (nSPS) is 45.4. The molecule has 10 atom stereocenters. The highest BCUT2D eigenvalue weighted by Crippen LogP contribution is 2.49. The molecule has 1 aliphatic carbocycles. The number of hydrogen-bond donors (Lipinski definition) is 5. The summed E-state index contributed by atoms with van der Waals surface area (Å²) in [5, 5.41) is 48.1. The number of unbranched alkanes of at least 4 members (excludes halogenated alkanes) is 2. The van der Waals surface area contributed by atoms with Gasteiger partial charge in [-0.3, -0.25) is 0 Å². The Hall–Kier alpha value is -1.04. The highest BCUT2D eigenvalue weighted by molar-refractivity contribution is 5.10. The van der Waals surface area contributed by atoms with Gasteiger partial charge in [-0.1, -0.05) is 19.8 Å². The largest absolute Gasteiger partial charge is 0.469 e. The molecule has 2 aliphatic heterocycles. The smallest absolute Gasteiger partial charge is 0.248 e. The van der Waals surface area contributed by atoms with Crippen LogP contribution < -0.4 is 5.32 Å². The van der Waals surface area contributed by atoms with E-state index in [1.165, 1.54) is 0 Å². The molecule has 0 spiro atoms. The van der Waals surface area contributed by atoms with E-state index < -0.39 is 54.1 Å². The molecule has 0 amide bonds. The molecule has 0 radical (unpaired) electrons. The van der Waals surface area contributed by atoms with Crippen LogP contribution in [0.25, 0.3) is 0 Å². The van der Waals surface area contributed by atoms with E-state index in [1.807, 2.05) is 26.0 Å². The van der Waals surface area contributed by atoms with Crippen molar-refractivity contribution in [3.8, 4) is 0 Å². The fraction of sp³-hybridized carbons (Fsp3) is 0.833. The Morgan fingerprint density at radius 3 is 2.55 bits per heavy atom. The van der Waals surface area contributed by atoms with Crippen molar-refractivity contribution in [1.29, 1.82) is 0 Å². The van der Waals surface area contributed by atoms with E-state index in [2.05, 4.69) is 5.32 Å². The van der Waals surface area contributed by atoms with Crippen LogP contribution >= 0.6 is 0 Å². The standard InChI is InChI=1S/C24H39NO8/c1-4-16-18(26)17(25-3)20-21(19(16)27)32-22-24(29,33-20)23(28,13-14(2)31-22)11-7-5-6-9-15-10-8-12-30-15/h8,10,12,14,16-22,25-29H,4-7,9,11,13H2,1-3H3/t14-,16-,17+,18+,19+,20?,21?,22?,23+,24-/m1/s1. The number of ether oxygens (including phenoxy) is 3. The molecule has 188 valence electrons. The van der Waals surface area contributed by atoms with Crippen LogP contribution in [0.15, 0.2) is 22.8 Å². The number of aryl methyl sites for hydroxylation is 1. The zero-order valence-corrected chi connectivity index (χ0v) is 19.7. The second-order valence-corrected chi connectivity index (χ2v) is 9.90. The molecule has 1 aromatic rings. The van der Waals surface area contributed by atoms with Crippen LogP contribution in [-0.4, -0.2) is 81.7 Å². The van der Waals surface area contributed by atoms with Gasteiger partial charge in [0.05, 0.1) is 30.6 Å². The monoisotopic (exact) mass is 469 g/mol. The van der Waals surface area contributed by atoms with Crippen molar-refractivity contribution in [2.75, 3.05) is 7.05 Å². The topological polar surface area (TPSA) is 134 Å². The number of hydrogen-bond acceptors (Lipinski definition) is 9. The van der Waals surface area contributed by atoms with Gasteiger partial charge in [-0.2, -0.15) is 0 Å². The van der Waals surface area contributed by atoms with Crippen LogP contribution in [0, 0.1) is 5.92 Å². The Bertz CT molecular complexity index is 762. The van der Waals surface area contributed by atoms with Gasteiger partial charge in [0.15, 0.2) is 0 Å². The summed E-state index contributed by atoms with van der Waals surface area (Å²) in [4.78, 5) is 0. The van der Waals surface area contributed by atoms with E-state index in [-0.39, 0.29) is 12.5 Å². The van der Waals surface area contributed by atoms with Crippen LogP contribution in [0.3, 0.4) is 0 Å². The zero-order valence-electron chi connectivity index (χ0n) is 19.7. The molecule has 3 aliphatic rings. The van der Waals surface area contributed by atoms with Gasteiger partial charge in [0.1, 0.15) is 23.6 Å². The molecule has 1 saturated carbocycles. The van der Waals surface area contributed by atoms with E-state index in [0.717, 1.165) is 25.0 Å². The molecule has 33 heavy (non-hydrogen) atoms. The average molecular weight is 470 g/mol. The number of furan rings is 1. The van der Waals surface area contributed by atoms with Crippen molar-refractivity contribution >= 4 is 0 Å². The van der Waals surface area contributed by atoms with Crippen LogP contribution in [0.2, 0.25) is 0 Å². The number of likely N-dealkylation sites (N-methyl/N-ethyl adjacent to an activating group) is 1. The minimum absolute atomic E-state index is 0.186. The molecule has 3 heterocycles. The van der Waals surface area contributed by atoms with Gasteiger partial charge in [-0.25, -0.2) is 0 Å². The van der Waals surface area contributed by atoms with Crippen molar-refractivity contribution in [3.05, 3.63) is 24.2 Å². The Kier molecular flexibility index (Phi) is 7.53. The highest BCUT2D eigenvalue weighted by Gasteiger charge is 2.68. The first-order chi connectivity index (χ1) is 15.7. The van der Waals surface area contributed by atoms with E-state index in [0.29, 0.717) is 19.3 Å². The number of fused-ring (bicyclic) bond motifs is 2. The molecular formula is C24H39NO8. The Balaban J connectivity index is 1.48. The molecule has 9 heteroatoms. The van der Waals surface area contributed by atoms with Crippen molar-refractivity contribution in [1.82, 2.24) is 5.32 Å². The molecule has 3 unspecified atom stereocenters. The highest BCUT2D eigenvalue weighted by atomic mass is 16.8. The average Bonchev–Trinajstić information content (AvgIpc) is 3.28. The number of rotatable bonds is 8. The number of aliphatic hydroxyl groups excluding tert-OH is 2. The molecule has 2 saturated heterocycles. The van der Waals surface area contributed by atoms with E-state index in [9.17, 15) is 20.4 Å². The molecular weight excluding hydrogens is 430 g/mol. The third kappa shape index (κ3) is 4.50. The third-order valence-electron chi connectivity index (χ3n) is 7.72. The Labute approximate surface area is 195 Å². The summed E-state index contributed by atoms with van der Waals surface area (Å²) in [5.74, 6) is -1.59. The van der Waals surface area contributed by atoms with E-state index in [1.54, 1.807) is 13.3 Å².